The van der Waals surface area contributed by atoms with Crippen molar-refractivity contribution >= 4 is 33.9 Å². The molecule has 33 heavy (non-hydrogen) atoms. The van der Waals surface area contributed by atoms with E-state index in [4.69, 9.17) is 4.74 Å². The summed E-state index contributed by atoms with van der Waals surface area (Å²) in [6.45, 7) is 0. The summed E-state index contributed by atoms with van der Waals surface area (Å²) >= 11 is 0. The zero-order valence-electron chi connectivity index (χ0n) is 17.8. The predicted octanol–water partition coefficient (Wildman–Crippen LogP) is 4.87. The fourth-order valence-electron chi connectivity index (χ4n) is 4.29. The van der Waals surface area contributed by atoms with Crippen LogP contribution in [0.3, 0.4) is 0 Å². The molecular weight excluding hydrogens is 416 g/mol. The summed E-state index contributed by atoms with van der Waals surface area (Å²) in [7, 11) is 1.53. The number of aliphatic hydroxyl groups is 1. The number of ketones is 1. The minimum absolute atomic E-state index is 0.0205. The van der Waals surface area contributed by atoms with Gasteiger partial charge in [-0.2, -0.15) is 0 Å². The van der Waals surface area contributed by atoms with Gasteiger partial charge in [0.1, 0.15) is 11.5 Å². The van der Waals surface area contributed by atoms with Crippen LogP contribution in [0.4, 0.5) is 5.69 Å². The molecule has 1 atom stereocenters. The molecule has 6 heteroatoms. The van der Waals surface area contributed by atoms with E-state index in [1.165, 1.54) is 12.0 Å². The van der Waals surface area contributed by atoms with Gasteiger partial charge < -0.3 is 9.84 Å². The molecular formula is C27H20N2O4. The molecule has 3 aromatic carbocycles. The fourth-order valence-corrected chi connectivity index (χ4v) is 4.29. The number of ether oxygens (including phenoxy) is 1. The quantitative estimate of drug-likeness (QED) is 0.281. The molecule has 1 unspecified atom stereocenters. The molecule has 1 N–H and O–H groups in total. The number of pyridine rings is 1. The maximum Gasteiger partial charge on any atom is 0.300 e. The second-order valence-electron chi connectivity index (χ2n) is 7.68. The molecule has 1 aliphatic heterocycles. The Kier molecular flexibility index (Phi) is 5.11. The number of benzene rings is 3. The highest BCUT2D eigenvalue weighted by molar-refractivity contribution is 6.51. The molecule has 0 spiro atoms. The average Bonchev–Trinajstić information content (AvgIpc) is 3.14. The molecule has 2 heterocycles. The topological polar surface area (TPSA) is 79.7 Å². The lowest BCUT2D eigenvalue weighted by Gasteiger charge is -2.25. The number of hydrogen-bond donors (Lipinski definition) is 1. The lowest BCUT2D eigenvalue weighted by atomic mass is 9.94. The van der Waals surface area contributed by atoms with Crippen molar-refractivity contribution in [3.8, 4) is 5.75 Å². The van der Waals surface area contributed by atoms with Gasteiger partial charge in [0.05, 0.1) is 18.7 Å². The van der Waals surface area contributed by atoms with E-state index < -0.39 is 17.7 Å². The van der Waals surface area contributed by atoms with E-state index in [9.17, 15) is 14.7 Å². The maximum absolute atomic E-state index is 13.3. The van der Waals surface area contributed by atoms with Crippen molar-refractivity contribution in [3.05, 3.63) is 108 Å². The molecule has 4 aromatic rings. The molecule has 6 nitrogen and oxygen atoms in total. The van der Waals surface area contributed by atoms with Crippen LogP contribution in [0.15, 0.2) is 96.8 Å². The minimum atomic E-state index is -0.843. The highest BCUT2D eigenvalue weighted by Gasteiger charge is 2.47. The second-order valence-corrected chi connectivity index (χ2v) is 7.68. The first-order valence-electron chi connectivity index (χ1n) is 10.4. The van der Waals surface area contributed by atoms with E-state index in [2.05, 4.69) is 4.98 Å². The lowest BCUT2D eigenvalue weighted by Crippen LogP contribution is -2.29. The normalized spacial score (nSPS) is 17.5. The number of hydrogen-bond acceptors (Lipinski definition) is 5. The Morgan fingerprint density at radius 2 is 1.76 bits per heavy atom. The van der Waals surface area contributed by atoms with Gasteiger partial charge >= 0.3 is 0 Å². The molecule has 0 radical (unpaired) electrons. The third-order valence-electron chi connectivity index (χ3n) is 5.82. The summed E-state index contributed by atoms with van der Waals surface area (Å²) in [6.07, 6.45) is 3.21. The third kappa shape index (κ3) is 3.42. The van der Waals surface area contributed by atoms with Crippen LogP contribution in [0.2, 0.25) is 0 Å². The van der Waals surface area contributed by atoms with E-state index in [1.807, 2.05) is 36.4 Å². The van der Waals surface area contributed by atoms with Gasteiger partial charge in [-0.3, -0.25) is 19.5 Å². The van der Waals surface area contributed by atoms with E-state index in [0.717, 1.165) is 10.8 Å². The average molecular weight is 436 g/mol. The Balaban J connectivity index is 1.77. The Hall–Kier alpha value is -4.45. The summed E-state index contributed by atoms with van der Waals surface area (Å²) in [6, 6.07) is 22.7. The first kappa shape index (κ1) is 20.5. The standard InChI is InChI=1S/C27H20N2O4/c1-33-20-11-5-10-19(15-20)29-24(18-9-6-14-28-16-18)23(26(31)27(29)32)25(30)22-13-4-8-17-7-2-3-12-21(17)22/h2-16,24,30H,1H3/b25-23-. The number of rotatable bonds is 4. The van der Waals surface area contributed by atoms with Crippen LogP contribution in [-0.2, 0) is 9.59 Å². The molecule has 1 saturated heterocycles. The Bertz CT molecular complexity index is 1410. The Morgan fingerprint density at radius 1 is 0.970 bits per heavy atom. The van der Waals surface area contributed by atoms with E-state index in [1.54, 1.807) is 54.9 Å². The summed E-state index contributed by atoms with van der Waals surface area (Å²) in [5.74, 6) is -1.14. The van der Waals surface area contributed by atoms with Crippen molar-refractivity contribution in [2.24, 2.45) is 0 Å². The fraction of sp³-hybridized carbons (Fsp3) is 0.0741. The van der Waals surface area contributed by atoms with Crippen molar-refractivity contribution in [2.75, 3.05) is 12.0 Å². The molecule has 0 aliphatic carbocycles. The zero-order valence-corrected chi connectivity index (χ0v) is 17.8. The Labute approximate surface area is 190 Å². The number of aromatic nitrogens is 1. The molecule has 162 valence electrons. The van der Waals surface area contributed by atoms with Gasteiger partial charge in [0.2, 0.25) is 0 Å². The third-order valence-corrected chi connectivity index (χ3v) is 5.82. The molecule has 0 saturated carbocycles. The number of methoxy groups -OCH3 is 1. The minimum Gasteiger partial charge on any atom is -0.507 e. The lowest BCUT2D eigenvalue weighted by molar-refractivity contribution is -0.132. The van der Waals surface area contributed by atoms with E-state index in [0.29, 0.717) is 22.6 Å². The smallest absolute Gasteiger partial charge is 0.300 e. The monoisotopic (exact) mass is 436 g/mol. The van der Waals surface area contributed by atoms with Gasteiger partial charge in [-0.1, -0.05) is 54.6 Å². The molecule has 1 fully saturated rings. The molecule has 0 bridgehead atoms. The van der Waals surface area contributed by atoms with Gasteiger partial charge in [0.15, 0.2) is 0 Å². The van der Waals surface area contributed by atoms with Gasteiger partial charge in [-0.15, -0.1) is 0 Å². The first-order valence-corrected chi connectivity index (χ1v) is 10.4. The van der Waals surface area contributed by atoms with Crippen LogP contribution >= 0.6 is 0 Å². The van der Waals surface area contributed by atoms with Crippen molar-refractivity contribution in [1.82, 2.24) is 4.98 Å². The number of carbonyl (C=O) groups excluding carboxylic acids is 2. The maximum atomic E-state index is 13.3. The van der Waals surface area contributed by atoms with Crippen molar-refractivity contribution in [1.29, 1.82) is 0 Å². The summed E-state index contributed by atoms with van der Waals surface area (Å²) < 4.78 is 5.31. The van der Waals surface area contributed by atoms with Crippen LogP contribution in [-0.4, -0.2) is 28.9 Å². The predicted molar refractivity (Wildman–Crippen MR) is 126 cm³/mol. The van der Waals surface area contributed by atoms with Gasteiger partial charge in [0, 0.05) is 29.7 Å². The van der Waals surface area contributed by atoms with Crippen molar-refractivity contribution < 1.29 is 19.4 Å². The zero-order chi connectivity index (χ0) is 22.9. The number of amides is 1. The first-order chi connectivity index (χ1) is 16.1. The summed E-state index contributed by atoms with van der Waals surface area (Å²) in [5.41, 5.74) is 1.61. The van der Waals surface area contributed by atoms with Crippen LogP contribution < -0.4 is 9.64 Å². The highest BCUT2D eigenvalue weighted by atomic mass is 16.5. The van der Waals surface area contributed by atoms with E-state index in [-0.39, 0.29) is 11.3 Å². The van der Waals surface area contributed by atoms with Gasteiger partial charge in [-0.05, 0) is 34.5 Å². The SMILES string of the molecule is COc1cccc(N2C(=O)C(=O)/C(=C(\O)c3cccc4ccccc34)C2c2cccnc2)c1. The highest BCUT2D eigenvalue weighted by Crippen LogP contribution is 2.43. The van der Waals surface area contributed by atoms with Crippen LogP contribution in [0.5, 0.6) is 5.75 Å². The molecule has 5 rings (SSSR count). The van der Waals surface area contributed by atoms with Crippen molar-refractivity contribution in [2.45, 2.75) is 6.04 Å². The number of fused-ring (bicyclic) bond motifs is 1. The summed E-state index contributed by atoms with van der Waals surface area (Å²) in [5, 5.41) is 13.1. The van der Waals surface area contributed by atoms with Crippen LogP contribution in [0, 0.1) is 0 Å². The van der Waals surface area contributed by atoms with Crippen molar-refractivity contribution in [3.63, 3.8) is 0 Å². The Morgan fingerprint density at radius 3 is 2.55 bits per heavy atom. The summed E-state index contributed by atoms with van der Waals surface area (Å²) in [4.78, 5) is 32.2. The van der Waals surface area contributed by atoms with Crippen LogP contribution in [0.1, 0.15) is 17.2 Å². The van der Waals surface area contributed by atoms with E-state index >= 15 is 0 Å². The molecule has 1 amide bonds. The number of nitrogens with zero attached hydrogens (tertiary/aromatic N) is 2. The molecule has 1 aliphatic rings. The van der Waals surface area contributed by atoms with Crippen LogP contribution in [0.25, 0.3) is 16.5 Å². The number of carbonyl (C=O) groups is 2. The number of aliphatic hydroxyl groups excluding tert-OH is 1. The second kappa shape index (κ2) is 8.24. The number of anilines is 1. The number of Topliss-reactive ketones (excluding diaryl/α,β-unsaturated/α-hetero) is 1. The van der Waals surface area contributed by atoms with Gasteiger partial charge in [-0.25, -0.2) is 0 Å². The largest absolute Gasteiger partial charge is 0.507 e. The van der Waals surface area contributed by atoms with Gasteiger partial charge in [0.25, 0.3) is 11.7 Å². The molecule has 1 aromatic heterocycles.